The fourth-order valence-electron chi connectivity index (χ4n) is 1.22. The Morgan fingerprint density at radius 2 is 2.21 bits per heavy atom. The van der Waals surface area contributed by atoms with Crippen molar-refractivity contribution < 1.29 is 4.39 Å². The zero-order chi connectivity index (χ0) is 10.1. The van der Waals surface area contributed by atoms with Crippen LogP contribution in [0.4, 0.5) is 10.1 Å². The van der Waals surface area contributed by atoms with Crippen LogP contribution in [0.3, 0.4) is 0 Å². The zero-order valence-corrected chi connectivity index (χ0v) is 7.20. The molecule has 4 nitrogen and oxygen atoms in total. The molecule has 0 fully saturated rings. The number of nitrogen functional groups attached to an aromatic ring is 1. The number of halogens is 1. The fourth-order valence-corrected chi connectivity index (χ4v) is 1.22. The van der Waals surface area contributed by atoms with Gasteiger partial charge in [-0.1, -0.05) is 0 Å². The summed E-state index contributed by atoms with van der Waals surface area (Å²) in [5.74, 6) is -0.485. The number of aromatic nitrogens is 2. The van der Waals surface area contributed by atoms with Gasteiger partial charge in [-0.3, -0.25) is 4.57 Å². The number of hydrogen-bond acceptors (Lipinski definition) is 2. The first-order valence-corrected chi connectivity index (χ1v) is 4.00. The number of benzene rings is 1. The molecule has 72 valence electrons. The Morgan fingerprint density at radius 1 is 1.43 bits per heavy atom. The third-order valence-electron chi connectivity index (χ3n) is 1.88. The maximum atomic E-state index is 13.3. The molecule has 0 unspecified atom stereocenters. The largest absolute Gasteiger partial charge is 0.399 e. The minimum atomic E-state index is -0.485. The van der Waals surface area contributed by atoms with Crippen molar-refractivity contribution in [3.05, 3.63) is 46.9 Å². The van der Waals surface area contributed by atoms with Crippen LogP contribution in [-0.2, 0) is 0 Å². The highest BCUT2D eigenvalue weighted by atomic mass is 19.1. The maximum Gasteiger partial charge on any atom is 0.330 e. The first kappa shape index (κ1) is 8.55. The van der Waals surface area contributed by atoms with Crippen molar-refractivity contribution in [1.29, 1.82) is 0 Å². The third-order valence-corrected chi connectivity index (χ3v) is 1.88. The van der Waals surface area contributed by atoms with Gasteiger partial charge in [0.1, 0.15) is 5.82 Å². The van der Waals surface area contributed by atoms with Gasteiger partial charge in [0.2, 0.25) is 0 Å². The summed E-state index contributed by atoms with van der Waals surface area (Å²) in [5, 5.41) is 0. The highest BCUT2D eigenvalue weighted by Gasteiger charge is 2.06. The van der Waals surface area contributed by atoms with E-state index >= 15 is 0 Å². The molecule has 1 aromatic carbocycles. The van der Waals surface area contributed by atoms with E-state index in [1.165, 1.54) is 30.6 Å². The Bertz CT molecular complexity index is 515. The summed E-state index contributed by atoms with van der Waals surface area (Å²) in [7, 11) is 0. The van der Waals surface area contributed by atoms with Crippen molar-refractivity contribution in [1.82, 2.24) is 9.55 Å². The molecular formula is C9H8FN3O. The summed E-state index contributed by atoms with van der Waals surface area (Å²) in [6, 6.07) is 4.07. The average molecular weight is 193 g/mol. The van der Waals surface area contributed by atoms with E-state index in [1.54, 1.807) is 0 Å². The summed E-state index contributed by atoms with van der Waals surface area (Å²) in [4.78, 5) is 13.6. The van der Waals surface area contributed by atoms with Crippen molar-refractivity contribution in [3.8, 4) is 5.69 Å². The molecule has 0 spiro atoms. The summed E-state index contributed by atoms with van der Waals surface area (Å²) >= 11 is 0. The van der Waals surface area contributed by atoms with E-state index in [9.17, 15) is 9.18 Å². The van der Waals surface area contributed by atoms with Gasteiger partial charge in [0.05, 0.1) is 5.69 Å². The second kappa shape index (κ2) is 3.02. The second-order valence-electron chi connectivity index (χ2n) is 2.85. The molecule has 0 aliphatic carbocycles. The van der Waals surface area contributed by atoms with E-state index in [2.05, 4.69) is 4.98 Å². The first-order valence-electron chi connectivity index (χ1n) is 4.00. The minimum Gasteiger partial charge on any atom is -0.399 e. The zero-order valence-electron chi connectivity index (χ0n) is 7.20. The van der Waals surface area contributed by atoms with Gasteiger partial charge in [-0.25, -0.2) is 9.18 Å². The Labute approximate surface area is 78.8 Å². The van der Waals surface area contributed by atoms with Crippen LogP contribution in [-0.4, -0.2) is 9.55 Å². The number of anilines is 1. The molecule has 5 heteroatoms. The first-order chi connectivity index (χ1) is 6.68. The summed E-state index contributed by atoms with van der Waals surface area (Å²) < 4.78 is 14.4. The summed E-state index contributed by atoms with van der Waals surface area (Å²) in [6.07, 6.45) is 2.88. The second-order valence-corrected chi connectivity index (χ2v) is 2.85. The molecule has 0 saturated carbocycles. The Balaban J connectivity index is 2.68. The van der Waals surface area contributed by atoms with Gasteiger partial charge in [0, 0.05) is 18.1 Å². The lowest BCUT2D eigenvalue weighted by molar-refractivity contribution is 0.616. The predicted octanol–water partition coefficient (Wildman–Crippen LogP) is 0.887. The Kier molecular flexibility index (Phi) is 1.85. The lowest BCUT2D eigenvalue weighted by Gasteiger charge is -2.03. The minimum absolute atomic E-state index is 0.149. The van der Waals surface area contributed by atoms with Crippen molar-refractivity contribution in [2.45, 2.75) is 0 Å². The molecule has 14 heavy (non-hydrogen) atoms. The van der Waals surface area contributed by atoms with Crippen LogP contribution in [0.5, 0.6) is 0 Å². The molecule has 0 radical (unpaired) electrons. The molecule has 0 aliphatic heterocycles. The number of hydrogen-bond donors (Lipinski definition) is 2. The molecular weight excluding hydrogens is 185 g/mol. The summed E-state index contributed by atoms with van der Waals surface area (Å²) in [5.41, 5.74) is 5.66. The van der Waals surface area contributed by atoms with Gasteiger partial charge >= 0.3 is 5.69 Å². The molecule has 0 amide bonds. The monoisotopic (exact) mass is 193 g/mol. The van der Waals surface area contributed by atoms with Crippen molar-refractivity contribution in [2.75, 3.05) is 5.73 Å². The van der Waals surface area contributed by atoms with Crippen molar-refractivity contribution in [2.24, 2.45) is 0 Å². The van der Waals surface area contributed by atoms with Crippen LogP contribution in [0.25, 0.3) is 5.69 Å². The summed E-state index contributed by atoms with van der Waals surface area (Å²) in [6.45, 7) is 0. The maximum absolute atomic E-state index is 13.3. The van der Waals surface area contributed by atoms with E-state index in [0.29, 0.717) is 5.69 Å². The van der Waals surface area contributed by atoms with E-state index in [-0.39, 0.29) is 5.69 Å². The van der Waals surface area contributed by atoms with E-state index in [0.717, 1.165) is 4.57 Å². The molecule has 2 rings (SSSR count). The highest BCUT2D eigenvalue weighted by Crippen LogP contribution is 2.14. The topological polar surface area (TPSA) is 63.8 Å². The average Bonchev–Trinajstić information content (AvgIpc) is 2.56. The fraction of sp³-hybridized carbons (Fsp3) is 0. The molecule has 0 bridgehead atoms. The number of nitrogens with two attached hydrogens (primary N) is 1. The molecule has 1 aromatic heterocycles. The molecule has 0 aliphatic rings. The SMILES string of the molecule is Nc1ccc(F)c(-n2cc[nH]c2=O)c1. The molecule has 0 atom stereocenters. The van der Waals surface area contributed by atoms with Crippen LogP contribution in [0, 0.1) is 5.82 Å². The van der Waals surface area contributed by atoms with Gasteiger partial charge < -0.3 is 10.7 Å². The van der Waals surface area contributed by atoms with Gasteiger partial charge in [0.25, 0.3) is 0 Å². The van der Waals surface area contributed by atoms with Crippen molar-refractivity contribution in [3.63, 3.8) is 0 Å². The van der Waals surface area contributed by atoms with Gasteiger partial charge in [-0.05, 0) is 18.2 Å². The predicted molar refractivity (Wildman–Crippen MR) is 50.8 cm³/mol. The van der Waals surface area contributed by atoms with E-state index in [1.807, 2.05) is 0 Å². The normalized spacial score (nSPS) is 10.4. The van der Waals surface area contributed by atoms with Gasteiger partial charge in [-0.2, -0.15) is 0 Å². The van der Waals surface area contributed by atoms with Crippen LogP contribution < -0.4 is 11.4 Å². The van der Waals surface area contributed by atoms with Crippen molar-refractivity contribution >= 4 is 5.69 Å². The van der Waals surface area contributed by atoms with Crippen LogP contribution >= 0.6 is 0 Å². The van der Waals surface area contributed by atoms with Gasteiger partial charge in [0.15, 0.2) is 0 Å². The molecule has 3 N–H and O–H groups in total. The lowest BCUT2D eigenvalue weighted by atomic mass is 10.2. The number of nitrogens with zero attached hydrogens (tertiary/aromatic N) is 1. The third kappa shape index (κ3) is 1.28. The number of rotatable bonds is 1. The highest BCUT2D eigenvalue weighted by molar-refractivity contribution is 5.48. The Hall–Kier alpha value is -2.04. The Morgan fingerprint density at radius 3 is 2.86 bits per heavy atom. The number of imidazole rings is 1. The van der Waals surface area contributed by atoms with Crippen LogP contribution in [0.2, 0.25) is 0 Å². The number of aromatic amines is 1. The molecule has 2 aromatic rings. The molecule has 0 saturated heterocycles. The molecule has 1 heterocycles. The smallest absolute Gasteiger partial charge is 0.330 e. The quantitative estimate of drug-likeness (QED) is 0.660. The van der Waals surface area contributed by atoms with Gasteiger partial charge in [-0.15, -0.1) is 0 Å². The lowest BCUT2D eigenvalue weighted by Crippen LogP contribution is -2.15. The standard InChI is InChI=1S/C9H8FN3O/c10-7-2-1-6(11)5-8(7)13-4-3-12-9(13)14/h1-5H,11H2,(H,12,14). The van der Waals surface area contributed by atoms with Crippen LogP contribution in [0.1, 0.15) is 0 Å². The number of nitrogens with one attached hydrogen (secondary N) is 1. The number of H-pyrrole nitrogens is 1. The van der Waals surface area contributed by atoms with Crippen LogP contribution in [0.15, 0.2) is 35.4 Å². The van der Waals surface area contributed by atoms with E-state index in [4.69, 9.17) is 5.73 Å². The van der Waals surface area contributed by atoms with E-state index < -0.39 is 11.5 Å².